The Balaban J connectivity index is 2.90. The van der Waals surface area contributed by atoms with Crippen molar-refractivity contribution in [1.82, 2.24) is 0 Å². The van der Waals surface area contributed by atoms with Gasteiger partial charge < -0.3 is 20.1 Å². The molecule has 1 fully saturated rings. The zero-order chi connectivity index (χ0) is 9.57. The lowest BCUT2D eigenvalue weighted by molar-refractivity contribution is -0.189. The fourth-order valence-electron chi connectivity index (χ4n) is 1.11. The van der Waals surface area contributed by atoms with Crippen molar-refractivity contribution in [3.8, 4) is 0 Å². The minimum atomic E-state index is -2.66. The summed E-state index contributed by atoms with van der Waals surface area (Å²) in [5.74, 6) is -2.66. The van der Waals surface area contributed by atoms with Crippen LogP contribution in [0.2, 0.25) is 0 Å². The van der Waals surface area contributed by atoms with Gasteiger partial charge in [-0.15, -0.1) is 0 Å². The summed E-state index contributed by atoms with van der Waals surface area (Å²) in [6.45, 7) is 0.0946. The van der Waals surface area contributed by atoms with E-state index in [9.17, 15) is 9.50 Å². The van der Waals surface area contributed by atoms with Gasteiger partial charge in [0.15, 0.2) is 0 Å². The molecule has 0 aromatic heterocycles. The van der Waals surface area contributed by atoms with E-state index in [4.69, 9.17) is 18.1 Å². The highest BCUT2D eigenvalue weighted by atomic mass is 19.2. The third-order valence-corrected chi connectivity index (χ3v) is 2.08. The Bertz CT molecular complexity index is 188. The fourth-order valence-corrected chi connectivity index (χ4v) is 1.11. The highest BCUT2D eigenvalue weighted by Gasteiger charge is 2.59. The maximum absolute atomic E-state index is 13.2. The molecule has 0 bridgehead atoms. The van der Waals surface area contributed by atoms with Gasteiger partial charge in [0.05, 0.1) is 6.00 Å². The number of alkyl halides is 1. The van der Waals surface area contributed by atoms with E-state index >= 15 is 0 Å². The minimum Gasteiger partial charge on any atom is -0.390 e. The highest BCUT2D eigenvalue weighted by Crippen LogP contribution is 2.37. The van der Waals surface area contributed by atoms with Crippen molar-refractivity contribution in [2.45, 2.75) is 30.5 Å². The molecule has 0 spiro atoms. The third kappa shape index (κ3) is 1.15. The molecule has 0 amide bonds. The molecular weight excluding hydrogens is 166 g/mol. The first-order valence-corrected chi connectivity index (χ1v) is 3.48. The zero-order valence-electron chi connectivity index (χ0n) is 6.57. The van der Waals surface area contributed by atoms with E-state index in [1.54, 1.807) is 0 Å². The molecule has 0 aromatic carbocycles. The molecule has 4 nitrogen and oxygen atoms in total. The minimum absolute atomic E-state index is 1.04. The Morgan fingerprint density at radius 2 is 2.17 bits per heavy atom. The Morgan fingerprint density at radius 3 is 2.33 bits per heavy atom. The molecule has 1 rings (SSSR count). The molecule has 0 aromatic rings. The van der Waals surface area contributed by atoms with E-state index in [-0.39, 0.29) is 0 Å². The van der Waals surface area contributed by atoms with Crippen LogP contribution in [0.1, 0.15) is 6.92 Å². The predicted molar refractivity (Wildman–Crippen MR) is 38.2 cm³/mol. The van der Waals surface area contributed by atoms with Gasteiger partial charge in [-0.3, -0.25) is 0 Å². The van der Waals surface area contributed by atoms with Gasteiger partial charge in [0, 0.05) is 0 Å². The second-order valence-electron chi connectivity index (χ2n) is 3.11. The van der Waals surface area contributed by atoms with E-state index in [0.29, 0.717) is 0 Å². The molecular formula is C6H10BFO4. The summed E-state index contributed by atoms with van der Waals surface area (Å²) >= 11 is 0. The van der Waals surface area contributed by atoms with Crippen molar-refractivity contribution < 1.29 is 24.4 Å². The van der Waals surface area contributed by atoms with Gasteiger partial charge >= 0.3 is 0 Å². The van der Waals surface area contributed by atoms with Crippen LogP contribution in [0.25, 0.3) is 0 Å². The maximum Gasteiger partial charge on any atom is 0.261 e. The van der Waals surface area contributed by atoms with E-state index < -0.39 is 30.2 Å². The van der Waals surface area contributed by atoms with Crippen molar-refractivity contribution in [3.63, 3.8) is 0 Å². The summed E-state index contributed by atoms with van der Waals surface area (Å²) in [6.07, 6.45) is -1.84. The second-order valence-corrected chi connectivity index (χ2v) is 3.11. The monoisotopic (exact) mass is 176 g/mol. The van der Waals surface area contributed by atoms with Gasteiger partial charge in [-0.2, -0.15) is 0 Å². The molecule has 0 saturated carbocycles. The molecule has 1 heterocycles. The normalized spacial score (nSPS) is 54.4. The topological polar surface area (TPSA) is 69.9 Å². The molecule has 2 radical (unpaired) electrons. The molecule has 0 aliphatic carbocycles. The smallest absolute Gasteiger partial charge is 0.261 e. The van der Waals surface area contributed by atoms with Gasteiger partial charge in [0.25, 0.3) is 5.85 Å². The number of halogens is 1. The molecule has 6 heteroatoms. The number of rotatable bonds is 1. The Hall–Kier alpha value is -0.165. The Labute approximate surface area is 70.4 Å². The number of aliphatic hydroxyl groups is 3. The molecule has 4 atom stereocenters. The Kier molecular flexibility index (Phi) is 2.20. The molecule has 68 valence electrons. The van der Waals surface area contributed by atoms with Gasteiger partial charge in [0.2, 0.25) is 0 Å². The van der Waals surface area contributed by atoms with Gasteiger partial charge in [-0.05, 0) is 6.92 Å². The van der Waals surface area contributed by atoms with Crippen molar-refractivity contribution in [2.24, 2.45) is 0 Å². The van der Waals surface area contributed by atoms with Gasteiger partial charge in [-0.1, -0.05) is 0 Å². The molecule has 1 aliphatic rings. The molecule has 0 unspecified atom stereocenters. The van der Waals surface area contributed by atoms with Crippen LogP contribution in [0, 0.1) is 0 Å². The fraction of sp³-hybridized carbons (Fsp3) is 1.00. The van der Waals surface area contributed by atoms with E-state index in [0.717, 1.165) is 6.92 Å². The largest absolute Gasteiger partial charge is 0.390 e. The summed E-state index contributed by atoms with van der Waals surface area (Å²) in [6, 6.07) is -1.34. The molecule has 1 aliphatic heterocycles. The van der Waals surface area contributed by atoms with Crippen LogP contribution in [0.15, 0.2) is 0 Å². The summed E-state index contributed by atoms with van der Waals surface area (Å²) in [5, 5.41) is 27.0. The van der Waals surface area contributed by atoms with Crippen molar-refractivity contribution >= 4 is 7.85 Å². The van der Waals surface area contributed by atoms with Crippen LogP contribution in [-0.4, -0.2) is 53.3 Å². The van der Waals surface area contributed by atoms with Crippen LogP contribution in [0.4, 0.5) is 4.39 Å². The standard InChI is InChI=1S/C6H10BFO4/c1-5(11)3(10)6(8,2-9)12-4(5)7/h3-4,9-11H,2H2,1H3/t3-,4+,5+,6+/m0/s1. The summed E-state index contributed by atoms with van der Waals surface area (Å²) in [5.41, 5.74) is -1.88. The lowest BCUT2D eigenvalue weighted by Crippen LogP contribution is -2.49. The lowest BCUT2D eigenvalue weighted by atomic mass is 9.81. The first-order valence-electron chi connectivity index (χ1n) is 3.48. The van der Waals surface area contributed by atoms with Crippen molar-refractivity contribution in [1.29, 1.82) is 0 Å². The number of hydrogen-bond acceptors (Lipinski definition) is 4. The average Bonchev–Trinajstić information content (AvgIpc) is 2.14. The number of hydrogen-bond donors (Lipinski definition) is 3. The predicted octanol–water partition coefficient (Wildman–Crippen LogP) is -1.72. The van der Waals surface area contributed by atoms with Crippen molar-refractivity contribution in [2.75, 3.05) is 6.61 Å². The van der Waals surface area contributed by atoms with Gasteiger partial charge in [-0.25, -0.2) is 4.39 Å². The van der Waals surface area contributed by atoms with Crippen LogP contribution < -0.4 is 0 Å². The van der Waals surface area contributed by atoms with E-state index in [1.165, 1.54) is 0 Å². The summed E-state index contributed by atoms with van der Waals surface area (Å²) < 4.78 is 17.6. The van der Waals surface area contributed by atoms with Crippen LogP contribution in [0.5, 0.6) is 0 Å². The van der Waals surface area contributed by atoms with E-state index in [1.807, 2.05) is 0 Å². The van der Waals surface area contributed by atoms with Gasteiger partial charge in [0.1, 0.15) is 26.2 Å². The zero-order valence-corrected chi connectivity index (χ0v) is 6.57. The third-order valence-electron chi connectivity index (χ3n) is 2.08. The van der Waals surface area contributed by atoms with Crippen LogP contribution >= 0.6 is 0 Å². The van der Waals surface area contributed by atoms with E-state index in [2.05, 4.69) is 4.74 Å². The Morgan fingerprint density at radius 1 is 1.67 bits per heavy atom. The highest BCUT2D eigenvalue weighted by molar-refractivity contribution is 6.12. The SMILES string of the molecule is [B][C@@H]1O[C@](F)(CO)[C@@H](O)[C@@]1(C)O. The first-order chi connectivity index (χ1) is 5.34. The lowest BCUT2D eigenvalue weighted by Gasteiger charge is -2.25. The summed E-state index contributed by atoms with van der Waals surface area (Å²) in [7, 11) is 5.17. The molecule has 3 N–H and O–H groups in total. The maximum atomic E-state index is 13.2. The quantitative estimate of drug-likeness (QED) is 0.415. The van der Waals surface area contributed by atoms with Crippen LogP contribution in [0.3, 0.4) is 0 Å². The number of aliphatic hydroxyl groups excluding tert-OH is 2. The van der Waals surface area contributed by atoms with Crippen molar-refractivity contribution in [3.05, 3.63) is 0 Å². The summed E-state index contributed by atoms with van der Waals surface area (Å²) in [4.78, 5) is 0. The second kappa shape index (κ2) is 2.66. The van der Waals surface area contributed by atoms with Crippen LogP contribution in [-0.2, 0) is 4.74 Å². The molecule has 12 heavy (non-hydrogen) atoms. The first kappa shape index (κ1) is 9.92. The average molecular weight is 176 g/mol. The number of ether oxygens (including phenoxy) is 1. The molecule has 1 saturated heterocycles.